The van der Waals surface area contributed by atoms with Gasteiger partial charge >= 0.3 is 0 Å². The molecular weight excluding hydrogens is 180 g/mol. The Bertz CT molecular complexity index is 359. The number of carbonyl (C=O) groups excluding carboxylic acids is 1. The van der Waals surface area contributed by atoms with Crippen molar-refractivity contribution < 1.29 is 4.79 Å². The van der Waals surface area contributed by atoms with Crippen molar-refractivity contribution in [2.45, 2.75) is 13.3 Å². The Morgan fingerprint density at radius 3 is 2.92 bits per heavy atom. The van der Waals surface area contributed by atoms with Crippen LogP contribution in [0.1, 0.15) is 12.5 Å². The number of hydrogen-bond acceptors (Lipinski definition) is 3. The summed E-state index contributed by atoms with van der Waals surface area (Å²) in [5.41, 5.74) is -0.128. The molecule has 0 aliphatic carbocycles. The van der Waals surface area contributed by atoms with Gasteiger partial charge in [0.25, 0.3) is 5.56 Å². The van der Waals surface area contributed by atoms with E-state index >= 15 is 0 Å². The zero-order chi connectivity index (χ0) is 9.14. The van der Waals surface area contributed by atoms with Crippen LogP contribution in [0.3, 0.4) is 0 Å². The van der Waals surface area contributed by atoms with Gasteiger partial charge in [0.15, 0.2) is 0 Å². The third-order valence-corrected chi connectivity index (χ3v) is 1.65. The van der Waals surface area contributed by atoms with Crippen LogP contribution in [0.5, 0.6) is 0 Å². The molecule has 0 saturated heterocycles. The van der Waals surface area contributed by atoms with Crippen LogP contribution in [0.15, 0.2) is 11.1 Å². The van der Waals surface area contributed by atoms with E-state index in [0.717, 1.165) is 0 Å². The van der Waals surface area contributed by atoms with Crippen LogP contribution in [0.25, 0.3) is 0 Å². The first-order valence-corrected chi connectivity index (χ1v) is 3.70. The van der Waals surface area contributed by atoms with Crippen LogP contribution in [-0.4, -0.2) is 15.8 Å². The Morgan fingerprint density at radius 1 is 1.75 bits per heavy atom. The Balaban J connectivity index is 3.13. The predicted octanol–water partition coefficient (Wildman–Crippen LogP) is 0.555. The van der Waals surface area contributed by atoms with Crippen LogP contribution in [-0.2, 0) is 11.2 Å². The number of nitrogens with one attached hydrogen (secondary N) is 1. The highest BCUT2D eigenvalue weighted by molar-refractivity contribution is 6.30. The molecule has 0 aliphatic heterocycles. The molecule has 12 heavy (non-hydrogen) atoms. The van der Waals surface area contributed by atoms with Gasteiger partial charge in [-0.25, -0.2) is 4.98 Å². The number of Topliss-reactive ketones (excluding diaryl/α,β-unsaturated/α-hetero) is 1. The van der Waals surface area contributed by atoms with Gasteiger partial charge in [0.05, 0.1) is 11.9 Å². The zero-order valence-electron chi connectivity index (χ0n) is 6.43. The van der Waals surface area contributed by atoms with E-state index < -0.39 is 0 Å². The SMILES string of the molecule is CC(=O)Cc1c(Cl)nc[nH]c1=O. The van der Waals surface area contributed by atoms with Crippen LogP contribution < -0.4 is 5.56 Å². The van der Waals surface area contributed by atoms with E-state index in [-0.39, 0.29) is 28.5 Å². The minimum Gasteiger partial charge on any atom is -0.313 e. The number of hydrogen-bond donors (Lipinski definition) is 1. The molecule has 64 valence electrons. The van der Waals surface area contributed by atoms with Crippen molar-refractivity contribution in [1.29, 1.82) is 0 Å². The Morgan fingerprint density at radius 2 is 2.42 bits per heavy atom. The Labute approximate surface area is 73.6 Å². The highest BCUT2D eigenvalue weighted by atomic mass is 35.5. The summed E-state index contributed by atoms with van der Waals surface area (Å²) >= 11 is 5.59. The lowest BCUT2D eigenvalue weighted by molar-refractivity contribution is -0.116. The van der Waals surface area contributed by atoms with Gasteiger partial charge in [-0.2, -0.15) is 0 Å². The number of carbonyl (C=O) groups is 1. The number of rotatable bonds is 2. The van der Waals surface area contributed by atoms with Crippen LogP contribution in [0.2, 0.25) is 5.15 Å². The molecule has 0 atom stereocenters. The van der Waals surface area contributed by atoms with Crippen molar-refractivity contribution in [3.8, 4) is 0 Å². The maximum atomic E-state index is 11.0. The highest BCUT2D eigenvalue weighted by Crippen LogP contribution is 2.06. The third kappa shape index (κ3) is 1.92. The molecule has 5 heteroatoms. The van der Waals surface area contributed by atoms with Crippen molar-refractivity contribution in [2.24, 2.45) is 0 Å². The summed E-state index contributed by atoms with van der Waals surface area (Å²) in [5.74, 6) is -0.115. The molecule has 0 bridgehead atoms. The number of aromatic amines is 1. The second-order valence-corrected chi connectivity index (χ2v) is 2.74. The molecule has 0 amide bonds. The second-order valence-electron chi connectivity index (χ2n) is 2.38. The summed E-state index contributed by atoms with van der Waals surface area (Å²) in [4.78, 5) is 27.7. The lowest BCUT2D eigenvalue weighted by Crippen LogP contribution is -2.16. The molecule has 0 radical (unpaired) electrons. The van der Waals surface area contributed by atoms with E-state index in [1.165, 1.54) is 13.3 Å². The van der Waals surface area contributed by atoms with Crippen molar-refractivity contribution in [3.05, 3.63) is 27.4 Å². The monoisotopic (exact) mass is 186 g/mol. The van der Waals surface area contributed by atoms with Crippen molar-refractivity contribution in [1.82, 2.24) is 9.97 Å². The summed E-state index contributed by atoms with van der Waals surface area (Å²) in [6.45, 7) is 1.39. The first kappa shape index (κ1) is 8.93. The smallest absolute Gasteiger partial charge is 0.255 e. The summed E-state index contributed by atoms with van der Waals surface area (Å²) in [7, 11) is 0. The fourth-order valence-corrected chi connectivity index (χ4v) is 1.01. The number of ketones is 1. The van der Waals surface area contributed by atoms with E-state index in [1.807, 2.05) is 0 Å². The predicted molar refractivity (Wildman–Crippen MR) is 44.3 cm³/mol. The summed E-state index contributed by atoms with van der Waals surface area (Å²) in [6.07, 6.45) is 1.23. The van der Waals surface area contributed by atoms with Crippen molar-refractivity contribution >= 4 is 17.4 Å². The lowest BCUT2D eigenvalue weighted by Gasteiger charge is -1.96. The fraction of sp³-hybridized carbons (Fsp3) is 0.286. The topological polar surface area (TPSA) is 62.8 Å². The maximum absolute atomic E-state index is 11.0. The lowest BCUT2D eigenvalue weighted by atomic mass is 10.2. The van der Waals surface area contributed by atoms with Gasteiger partial charge in [0.2, 0.25) is 0 Å². The highest BCUT2D eigenvalue weighted by Gasteiger charge is 2.07. The second kappa shape index (κ2) is 3.49. The van der Waals surface area contributed by atoms with Crippen molar-refractivity contribution in [3.63, 3.8) is 0 Å². The molecule has 0 unspecified atom stereocenters. The Hall–Kier alpha value is -1.16. The number of aromatic nitrogens is 2. The number of halogens is 1. The van der Waals surface area contributed by atoms with Gasteiger partial charge < -0.3 is 4.98 Å². The quantitative estimate of drug-likeness (QED) is 0.687. The van der Waals surface area contributed by atoms with Crippen LogP contribution in [0, 0.1) is 0 Å². The van der Waals surface area contributed by atoms with Crippen LogP contribution in [0.4, 0.5) is 0 Å². The van der Waals surface area contributed by atoms with Gasteiger partial charge in [-0.3, -0.25) is 9.59 Å². The molecule has 0 saturated carbocycles. The van der Waals surface area contributed by atoms with Gasteiger partial charge in [-0.15, -0.1) is 0 Å². The summed E-state index contributed by atoms with van der Waals surface area (Å²) in [6, 6.07) is 0. The first-order chi connectivity index (χ1) is 5.61. The van der Waals surface area contributed by atoms with Gasteiger partial charge in [-0.05, 0) is 6.92 Å². The standard InChI is InChI=1S/C7H7ClN2O2/c1-4(11)2-5-6(8)9-3-10-7(5)12/h3H,2H2,1H3,(H,9,10,12). The minimum atomic E-state index is -0.356. The summed E-state index contributed by atoms with van der Waals surface area (Å²) < 4.78 is 0. The number of nitrogens with zero attached hydrogens (tertiary/aromatic N) is 1. The molecule has 1 rings (SSSR count). The molecular formula is C7H7ClN2O2. The molecule has 0 spiro atoms. The number of H-pyrrole nitrogens is 1. The molecule has 1 heterocycles. The first-order valence-electron chi connectivity index (χ1n) is 3.32. The molecule has 0 aromatic carbocycles. The molecule has 0 aliphatic rings. The van der Waals surface area contributed by atoms with E-state index in [1.54, 1.807) is 0 Å². The van der Waals surface area contributed by atoms with Crippen LogP contribution >= 0.6 is 11.6 Å². The third-order valence-electron chi connectivity index (χ3n) is 1.32. The fourth-order valence-electron chi connectivity index (χ4n) is 0.808. The molecule has 1 aromatic rings. The molecule has 0 fully saturated rings. The van der Waals surface area contributed by atoms with Crippen molar-refractivity contribution in [2.75, 3.05) is 0 Å². The van der Waals surface area contributed by atoms with Gasteiger partial charge in [-0.1, -0.05) is 11.6 Å². The van der Waals surface area contributed by atoms with E-state index in [4.69, 9.17) is 11.6 Å². The van der Waals surface area contributed by atoms with E-state index in [9.17, 15) is 9.59 Å². The van der Waals surface area contributed by atoms with E-state index in [0.29, 0.717) is 0 Å². The molecule has 4 nitrogen and oxygen atoms in total. The normalized spacial score (nSPS) is 9.83. The largest absolute Gasteiger partial charge is 0.313 e. The Kier molecular flexibility index (Phi) is 2.60. The molecule has 1 aromatic heterocycles. The summed E-state index contributed by atoms with van der Waals surface area (Å²) in [5, 5.41) is 0.0916. The molecule has 1 N–H and O–H groups in total. The van der Waals surface area contributed by atoms with E-state index in [2.05, 4.69) is 9.97 Å². The van der Waals surface area contributed by atoms with Gasteiger partial charge in [0.1, 0.15) is 10.9 Å². The zero-order valence-corrected chi connectivity index (χ0v) is 7.18. The average Bonchev–Trinajstić information content (AvgIpc) is 1.97. The minimum absolute atomic E-state index is 0.0298. The van der Waals surface area contributed by atoms with Gasteiger partial charge in [0, 0.05) is 6.42 Å². The maximum Gasteiger partial charge on any atom is 0.255 e. The average molecular weight is 187 g/mol.